The summed E-state index contributed by atoms with van der Waals surface area (Å²) in [4.78, 5) is 37.2. The van der Waals surface area contributed by atoms with E-state index in [-0.39, 0.29) is 22.5 Å². The van der Waals surface area contributed by atoms with E-state index in [1.165, 1.54) is 50.0 Å². The molecule has 0 fully saturated rings. The molecule has 0 aliphatic rings. The van der Waals surface area contributed by atoms with Crippen LogP contribution < -0.4 is 5.32 Å². The van der Waals surface area contributed by atoms with Gasteiger partial charge in [0.05, 0.1) is 29.6 Å². The molecular weight excluding hydrogens is 521 g/mol. The maximum Gasteiger partial charge on any atom is 0.416 e. The maximum absolute atomic E-state index is 13.0. The molecule has 4 rings (SSSR count). The van der Waals surface area contributed by atoms with Crippen LogP contribution in [0.1, 0.15) is 31.8 Å². The van der Waals surface area contributed by atoms with Gasteiger partial charge in [0.15, 0.2) is 5.82 Å². The molecule has 0 aliphatic heterocycles. The van der Waals surface area contributed by atoms with E-state index in [0.29, 0.717) is 22.0 Å². The molecule has 4 aromatic rings. The molecule has 7 nitrogen and oxygen atoms in total. The van der Waals surface area contributed by atoms with Crippen LogP contribution in [0.5, 0.6) is 0 Å². The van der Waals surface area contributed by atoms with E-state index in [4.69, 9.17) is 16.3 Å². The summed E-state index contributed by atoms with van der Waals surface area (Å²) >= 11 is 6.20. The summed E-state index contributed by atoms with van der Waals surface area (Å²) in [7, 11) is 1.24. The topological polar surface area (TPSA) is 93.5 Å². The number of rotatable bonds is 6. The Morgan fingerprint density at radius 1 is 0.974 bits per heavy atom. The highest BCUT2D eigenvalue weighted by molar-refractivity contribution is 6.31. The second-order valence-electron chi connectivity index (χ2n) is 7.86. The van der Waals surface area contributed by atoms with Gasteiger partial charge in [0.2, 0.25) is 0 Å². The van der Waals surface area contributed by atoms with E-state index in [2.05, 4.69) is 20.3 Å². The number of nitrogens with zero attached hydrogens (tertiary/aromatic N) is 3. The van der Waals surface area contributed by atoms with Crippen molar-refractivity contribution in [2.75, 3.05) is 12.4 Å². The third-order valence-corrected chi connectivity index (χ3v) is 5.50. The maximum atomic E-state index is 13.0. The smallest absolute Gasteiger partial charge is 0.416 e. The van der Waals surface area contributed by atoms with Gasteiger partial charge in [0, 0.05) is 28.4 Å². The first-order valence-corrected chi connectivity index (χ1v) is 11.3. The Morgan fingerprint density at radius 2 is 1.74 bits per heavy atom. The van der Waals surface area contributed by atoms with Gasteiger partial charge in [-0.05, 0) is 54.1 Å². The molecule has 1 N–H and O–H groups in total. The second kappa shape index (κ2) is 11.2. The number of benzene rings is 3. The standard InChI is InChI=1S/C27H18ClF3N4O3/c1-38-26(37)18-6-3-5-17(11-18)25(36)35-22-9-8-20(28)12-21(22)23-13-24(34-15-33-23)32-14-16-4-2-7-19(10-16)27(29,30)31/h2-15H,1H3,(H,35,36)/b32-14+. The number of hydrogen-bond donors (Lipinski definition) is 1. The molecule has 0 spiro atoms. The van der Waals surface area contributed by atoms with Gasteiger partial charge in [0.1, 0.15) is 6.33 Å². The summed E-state index contributed by atoms with van der Waals surface area (Å²) in [6.45, 7) is 0. The van der Waals surface area contributed by atoms with Gasteiger partial charge in [0.25, 0.3) is 5.91 Å². The number of aromatic nitrogens is 2. The quantitative estimate of drug-likeness (QED) is 0.220. The van der Waals surface area contributed by atoms with E-state index < -0.39 is 23.6 Å². The number of carbonyl (C=O) groups is 2. The largest absolute Gasteiger partial charge is 0.465 e. The molecule has 0 aliphatic carbocycles. The molecule has 0 bridgehead atoms. The summed E-state index contributed by atoms with van der Waals surface area (Å²) in [5.41, 5.74) is 1.07. The highest BCUT2D eigenvalue weighted by atomic mass is 35.5. The highest BCUT2D eigenvalue weighted by Gasteiger charge is 2.30. The minimum Gasteiger partial charge on any atom is -0.465 e. The van der Waals surface area contributed by atoms with Crippen LogP contribution in [0, 0.1) is 0 Å². The van der Waals surface area contributed by atoms with E-state index in [1.807, 2.05) is 0 Å². The Balaban J connectivity index is 1.61. The molecule has 0 atom stereocenters. The zero-order chi connectivity index (χ0) is 27.3. The zero-order valence-corrected chi connectivity index (χ0v) is 20.4. The lowest BCUT2D eigenvalue weighted by Crippen LogP contribution is -2.14. The minimum atomic E-state index is -4.47. The fraction of sp³-hybridized carbons (Fsp3) is 0.0741. The predicted molar refractivity (Wildman–Crippen MR) is 137 cm³/mol. The van der Waals surface area contributed by atoms with Gasteiger partial charge in [-0.1, -0.05) is 29.8 Å². The third kappa shape index (κ3) is 6.40. The lowest BCUT2D eigenvalue weighted by atomic mass is 10.1. The van der Waals surface area contributed by atoms with Crippen LogP contribution in [0.2, 0.25) is 5.02 Å². The number of alkyl halides is 3. The molecule has 0 saturated carbocycles. The van der Waals surface area contributed by atoms with Crippen molar-refractivity contribution in [2.45, 2.75) is 6.18 Å². The fourth-order valence-corrected chi connectivity index (χ4v) is 3.61. The van der Waals surface area contributed by atoms with Crippen molar-refractivity contribution in [2.24, 2.45) is 4.99 Å². The number of methoxy groups -OCH3 is 1. The van der Waals surface area contributed by atoms with Crippen molar-refractivity contribution in [3.8, 4) is 11.3 Å². The summed E-state index contributed by atoms with van der Waals surface area (Å²) in [5, 5.41) is 3.15. The molecule has 1 amide bonds. The van der Waals surface area contributed by atoms with Crippen molar-refractivity contribution in [1.29, 1.82) is 0 Å². The molecule has 0 unspecified atom stereocenters. The minimum absolute atomic E-state index is 0.176. The Labute approximate surface area is 220 Å². The second-order valence-corrected chi connectivity index (χ2v) is 8.30. The Bertz CT molecular complexity index is 1540. The van der Waals surface area contributed by atoms with Gasteiger partial charge in [-0.2, -0.15) is 13.2 Å². The SMILES string of the molecule is COC(=O)c1cccc(C(=O)Nc2ccc(Cl)cc2-c2cc(/N=C/c3cccc(C(F)(F)F)c3)ncn2)c1. The first-order valence-electron chi connectivity index (χ1n) is 11.0. The van der Waals surface area contributed by atoms with Crippen molar-refractivity contribution in [3.05, 3.63) is 106 Å². The van der Waals surface area contributed by atoms with Crippen LogP contribution in [0.15, 0.2) is 84.1 Å². The van der Waals surface area contributed by atoms with E-state index in [1.54, 1.807) is 30.3 Å². The lowest BCUT2D eigenvalue weighted by molar-refractivity contribution is -0.137. The molecule has 0 radical (unpaired) electrons. The van der Waals surface area contributed by atoms with Crippen LogP contribution in [-0.2, 0) is 10.9 Å². The fourth-order valence-electron chi connectivity index (χ4n) is 3.44. The number of ether oxygens (including phenoxy) is 1. The highest BCUT2D eigenvalue weighted by Crippen LogP contribution is 2.32. The summed E-state index contributed by atoms with van der Waals surface area (Å²) in [5.74, 6) is -0.891. The first kappa shape index (κ1) is 26.5. The third-order valence-electron chi connectivity index (χ3n) is 5.26. The Kier molecular flexibility index (Phi) is 7.82. The van der Waals surface area contributed by atoms with Gasteiger partial charge in [-0.15, -0.1) is 0 Å². The number of carbonyl (C=O) groups excluding carboxylic acids is 2. The van der Waals surface area contributed by atoms with Crippen LogP contribution in [0.25, 0.3) is 11.3 Å². The number of halogens is 4. The molecule has 38 heavy (non-hydrogen) atoms. The van der Waals surface area contributed by atoms with E-state index >= 15 is 0 Å². The molecule has 0 saturated heterocycles. The van der Waals surface area contributed by atoms with Crippen molar-refractivity contribution < 1.29 is 27.5 Å². The van der Waals surface area contributed by atoms with Crippen molar-refractivity contribution >= 4 is 41.2 Å². The van der Waals surface area contributed by atoms with Crippen LogP contribution in [-0.4, -0.2) is 35.2 Å². The van der Waals surface area contributed by atoms with Crippen LogP contribution in [0.3, 0.4) is 0 Å². The zero-order valence-electron chi connectivity index (χ0n) is 19.7. The molecule has 1 heterocycles. The van der Waals surface area contributed by atoms with Gasteiger partial charge < -0.3 is 10.1 Å². The monoisotopic (exact) mass is 538 g/mol. The number of amides is 1. The average molecular weight is 539 g/mol. The van der Waals surface area contributed by atoms with E-state index in [0.717, 1.165) is 12.1 Å². The number of anilines is 1. The average Bonchev–Trinajstić information content (AvgIpc) is 2.92. The van der Waals surface area contributed by atoms with Gasteiger partial charge >= 0.3 is 12.1 Å². The number of aliphatic imine (C=N–C) groups is 1. The molecule has 192 valence electrons. The molecule has 11 heteroatoms. The van der Waals surface area contributed by atoms with Crippen LogP contribution in [0.4, 0.5) is 24.7 Å². The number of esters is 1. The summed E-state index contributed by atoms with van der Waals surface area (Å²) in [6.07, 6.45) is -1.98. The Morgan fingerprint density at radius 3 is 2.50 bits per heavy atom. The van der Waals surface area contributed by atoms with Crippen molar-refractivity contribution in [1.82, 2.24) is 9.97 Å². The first-order chi connectivity index (χ1) is 18.1. The molecule has 3 aromatic carbocycles. The van der Waals surface area contributed by atoms with E-state index in [9.17, 15) is 22.8 Å². The van der Waals surface area contributed by atoms with Gasteiger partial charge in [-0.25, -0.2) is 19.8 Å². The van der Waals surface area contributed by atoms with Gasteiger partial charge in [-0.3, -0.25) is 4.79 Å². The summed E-state index contributed by atoms with van der Waals surface area (Å²) < 4.78 is 43.7. The molecule has 1 aromatic heterocycles. The summed E-state index contributed by atoms with van der Waals surface area (Å²) in [6, 6.07) is 17.0. The molecular formula is C27H18ClF3N4O3. The number of hydrogen-bond acceptors (Lipinski definition) is 6. The predicted octanol–water partition coefficient (Wildman–Crippen LogP) is 6.61. The Hall–Kier alpha value is -4.57. The lowest BCUT2D eigenvalue weighted by Gasteiger charge is -2.12. The number of nitrogens with one attached hydrogen (secondary N) is 1. The van der Waals surface area contributed by atoms with Crippen molar-refractivity contribution in [3.63, 3.8) is 0 Å². The van der Waals surface area contributed by atoms with Crippen LogP contribution >= 0.6 is 11.6 Å². The normalized spacial score (nSPS) is 11.4.